The standard InChI is InChI=1S/C14H14O2/c1-10(2)16-14-5-3-4-12-7-6-11(9-15)8-13(12)14/h3-10H,1-2H3. The zero-order valence-electron chi connectivity index (χ0n) is 9.44. The molecule has 0 unspecified atom stereocenters. The molecule has 0 N–H and O–H groups in total. The normalized spacial score (nSPS) is 10.7. The first kappa shape index (κ1) is 10.7. The molecule has 0 saturated heterocycles. The third-order valence-corrected chi connectivity index (χ3v) is 2.36. The first-order valence-electron chi connectivity index (χ1n) is 5.35. The van der Waals surface area contributed by atoms with Crippen molar-refractivity contribution in [1.82, 2.24) is 0 Å². The van der Waals surface area contributed by atoms with Crippen LogP contribution in [0.5, 0.6) is 5.75 Å². The quantitative estimate of drug-likeness (QED) is 0.731. The molecule has 2 aromatic carbocycles. The lowest BCUT2D eigenvalue weighted by molar-refractivity contribution is 0.112. The highest BCUT2D eigenvalue weighted by atomic mass is 16.5. The van der Waals surface area contributed by atoms with E-state index in [-0.39, 0.29) is 6.10 Å². The van der Waals surface area contributed by atoms with Crippen LogP contribution in [0.15, 0.2) is 36.4 Å². The maximum atomic E-state index is 10.7. The number of ether oxygens (including phenoxy) is 1. The molecule has 0 atom stereocenters. The minimum Gasteiger partial charge on any atom is -0.490 e. The van der Waals surface area contributed by atoms with Crippen molar-refractivity contribution in [2.45, 2.75) is 20.0 Å². The molecule has 0 saturated carbocycles. The predicted octanol–water partition coefficient (Wildman–Crippen LogP) is 3.44. The number of hydrogen-bond donors (Lipinski definition) is 0. The molecule has 0 heterocycles. The van der Waals surface area contributed by atoms with Crippen LogP contribution >= 0.6 is 0 Å². The van der Waals surface area contributed by atoms with Gasteiger partial charge in [0.2, 0.25) is 0 Å². The third kappa shape index (κ3) is 2.06. The largest absolute Gasteiger partial charge is 0.490 e. The lowest BCUT2D eigenvalue weighted by Crippen LogP contribution is -2.05. The Bertz CT molecular complexity index is 515. The van der Waals surface area contributed by atoms with Gasteiger partial charge < -0.3 is 4.74 Å². The molecule has 0 bridgehead atoms. The summed E-state index contributed by atoms with van der Waals surface area (Å²) in [6.45, 7) is 3.98. The summed E-state index contributed by atoms with van der Waals surface area (Å²) in [5, 5.41) is 2.07. The Morgan fingerprint density at radius 2 is 2.00 bits per heavy atom. The first-order valence-corrected chi connectivity index (χ1v) is 5.35. The fourth-order valence-corrected chi connectivity index (χ4v) is 1.69. The fraction of sp³-hybridized carbons (Fsp3) is 0.214. The molecule has 82 valence electrons. The van der Waals surface area contributed by atoms with Gasteiger partial charge in [0.15, 0.2) is 0 Å². The molecular formula is C14H14O2. The van der Waals surface area contributed by atoms with E-state index in [1.54, 1.807) is 0 Å². The van der Waals surface area contributed by atoms with Gasteiger partial charge in [0.05, 0.1) is 6.10 Å². The molecule has 0 radical (unpaired) electrons. The zero-order chi connectivity index (χ0) is 11.5. The average molecular weight is 214 g/mol. The molecule has 2 nitrogen and oxygen atoms in total. The smallest absolute Gasteiger partial charge is 0.150 e. The predicted molar refractivity (Wildman–Crippen MR) is 65.1 cm³/mol. The molecule has 0 aliphatic heterocycles. The van der Waals surface area contributed by atoms with Gasteiger partial charge in [0.25, 0.3) is 0 Å². The first-order chi connectivity index (χ1) is 7.70. The molecule has 0 spiro atoms. The Morgan fingerprint density at radius 3 is 2.69 bits per heavy atom. The van der Waals surface area contributed by atoms with Gasteiger partial charge in [0, 0.05) is 10.9 Å². The van der Waals surface area contributed by atoms with Crippen molar-refractivity contribution < 1.29 is 9.53 Å². The lowest BCUT2D eigenvalue weighted by atomic mass is 10.1. The molecule has 0 aliphatic rings. The van der Waals surface area contributed by atoms with Crippen LogP contribution in [0.4, 0.5) is 0 Å². The molecule has 0 amide bonds. The van der Waals surface area contributed by atoms with E-state index in [2.05, 4.69) is 0 Å². The highest BCUT2D eigenvalue weighted by Gasteiger charge is 2.04. The SMILES string of the molecule is CC(C)Oc1cccc2ccc(C=O)cc12. The number of benzene rings is 2. The van der Waals surface area contributed by atoms with Crippen LogP contribution in [-0.2, 0) is 0 Å². The van der Waals surface area contributed by atoms with Gasteiger partial charge in [-0.25, -0.2) is 0 Å². The fourth-order valence-electron chi connectivity index (χ4n) is 1.69. The highest BCUT2D eigenvalue weighted by Crippen LogP contribution is 2.27. The van der Waals surface area contributed by atoms with Crippen LogP contribution in [0.1, 0.15) is 24.2 Å². The number of aldehydes is 1. The van der Waals surface area contributed by atoms with Gasteiger partial charge >= 0.3 is 0 Å². The van der Waals surface area contributed by atoms with E-state index in [0.29, 0.717) is 5.56 Å². The third-order valence-electron chi connectivity index (χ3n) is 2.36. The second kappa shape index (κ2) is 4.35. The van der Waals surface area contributed by atoms with E-state index in [0.717, 1.165) is 22.8 Å². The van der Waals surface area contributed by atoms with E-state index in [1.165, 1.54) is 0 Å². The molecule has 2 heteroatoms. The Kier molecular flexibility index (Phi) is 2.91. The van der Waals surface area contributed by atoms with Crippen molar-refractivity contribution in [2.75, 3.05) is 0 Å². The minimum atomic E-state index is 0.130. The Hall–Kier alpha value is -1.83. The van der Waals surface area contributed by atoms with E-state index in [9.17, 15) is 4.79 Å². The van der Waals surface area contributed by atoms with Crippen molar-refractivity contribution in [2.24, 2.45) is 0 Å². The second-order valence-corrected chi connectivity index (χ2v) is 4.02. The molecule has 0 fully saturated rings. The van der Waals surface area contributed by atoms with Gasteiger partial charge in [-0.1, -0.05) is 24.3 Å². The van der Waals surface area contributed by atoms with Crippen molar-refractivity contribution in [3.8, 4) is 5.75 Å². The lowest BCUT2D eigenvalue weighted by Gasteiger charge is -2.12. The van der Waals surface area contributed by atoms with Crippen molar-refractivity contribution in [3.05, 3.63) is 42.0 Å². The van der Waals surface area contributed by atoms with Crippen LogP contribution in [0.2, 0.25) is 0 Å². The number of fused-ring (bicyclic) bond motifs is 1. The van der Waals surface area contributed by atoms with E-state index < -0.39 is 0 Å². The van der Waals surface area contributed by atoms with Crippen LogP contribution in [-0.4, -0.2) is 12.4 Å². The molecule has 0 aromatic heterocycles. The molecule has 2 rings (SSSR count). The summed E-state index contributed by atoms with van der Waals surface area (Å²) < 4.78 is 5.71. The summed E-state index contributed by atoms with van der Waals surface area (Å²) in [5.41, 5.74) is 0.673. The van der Waals surface area contributed by atoms with Crippen LogP contribution in [0, 0.1) is 0 Å². The summed E-state index contributed by atoms with van der Waals surface area (Å²) in [4.78, 5) is 10.7. The number of carbonyl (C=O) groups excluding carboxylic acids is 1. The highest BCUT2D eigenvalue weighted by molar-refractivity contribution is 5.92. The summed E-state index contributed by atoms with van der Waals surface area (Å²) in [7, 11) is 0. The minimum absolute atomic E-state index is 0.130. The van der Waals surface area contributed by atoms with Crippen molar-refractivity contribution in [1.29, 1.82) is 0 Å². The van der Waals surface area contributed by atoms with Gasteiger partial charge in [-0.05, 0) is 31.4 Å². The van der Waals surface area contributed by atoms with Gasteiger partial charge in [-0.15, -0.1) is 0 Å². The summed E-state index contributed by atoms with van der Waals surface area (Å²) in [5.74, 6) is 0.830. The van der Waals surface area contributed by atoms with Gasteiger partial charge in [-0.2, -0.15) is 0 Å². The Labute approximate surface area is 94.8 Å². The summed E-state index contributed by atoms with van der Waals surface area (Å²) in [6.07, 6.45) is 0.983. The zero-order valence-corrected chi connectivity index (χ0v) is 9.44. The molecule has 16 heavy (non-hydrogen) atoms. The number of hydrogen-bond acceptors (Lipinski definition) is 2. The molecule has 2 aromatic rings. The maximum Gasteiger partial charge on any atom is 0.150 e. The Balaban J connectivity index is 2.59. The van der Waals surface area contributed by atoms with Crippen LogP contribution in [0.25, 0.3) is 10.8 Å². The maximum absolute atomic E-state index is 10.7. The van der Waals surface area contributed by atoms with Crippen LogP contribution in [0.3, 0.4) is 0 Å². The summed E-state index contributed by atoms with van der Waals surface area (Å²) in [6, 6.07) is 11.5. The molecule has 0 aliphatic carbocycles. The topological polar surface area (TPSA) is 26.3 Å². The van der Waals surface area contributed by atoms with E-state index >= 15 is 0 Å². The van der Waals surface area contributed by atoms with E-state index in [1.807, 2.05) is 50.2 Å². The van der Waals surface area contributed by atoms with Gasteiger partial charge in [-0.3, -0.25) is 4.79 Å². The van der Waals surface area contributed by atoms with Gasteiger partial charge in [0.1, 0.15) is 12.0 Å². The second-order valence-electron chi connectivity index (χ2n) is 4.02. The average Bonchev–Trinajstić information content (AvgIpc) is 2.28. The van der Waals surface area contributed by atoms with Crippen LogP contribution < -0.4 is 4.74 Å². The number of carbonyl (C=O) groups is 1. The monoisotopic (exact) mass is 214 g/mol. The molecular weight excluding hydrogens is 200 g/mol. The summed E-state index contributed by atoms with van der Waals surface area (Å²) >= 11 is 0. The number of rotatable bonds is 3. The van der Waals surface area contributed by atoms with Crippen molar-refractivity contribution in [3.63, 3.8) is 0 Å². The Morgan fingerprint density at radius 1 is 1.19 bits per heavy atom. The van der Waals surface area contributed by atoms with Crippen molar-refractivity contribution >= 4 is 17.1 Å². The van der Waals surface area contributed by atoms with E-state index in [4.69, 9.17) is 4.74 Å².